The van der Waals surface area contributed by atoms with Crippen LogP contribution < -0.4 is 4.74 Å². The number of rotatable bonds is 2. The van der Waals surface area contributed by atoms with Gasteiger partial charge >= 0.3 is 11.8 Å². The Morgan fingerprint density at radius 2 is 1.29 bits per heavy atom. The molecule has 0 saturated heterocycles. The maximum absolute atomic E-state index is 13.0. The van der Waals surface area contributed by atoms with E-state index in [-0.39, 0.29) is 5.75 Å². The van der Waals surface area contributed by atoms with Crippen molar-refractivity contribution in [3.8, 4) is 11.5 Å². The molecule has 0 saturated carbocycles. The number of hydrogen-bond donors (Lipinski definition) is 1. The molecule has 0 aliphatic carbocycles. The Labute approximate surface area is 161 Å². The second kappa shape index (κ2) is 6.13. The summed E-state index contributed by atoms with van der Waals surface area (Å²) < 4.78 is 12.4. The number of fused-ring (bicyclic) bond motifs is 3. The SMILES string of the molecule is O=C1OC(c2ccccc2)(c2ccccc2)Oc2c1ccc1c(O)cccc21. The predicted molar refractivity (Wildman–Crippen MR) is 105 cm³/mol. The van der Waals surface area contributed by atoms with Crippen LogP contribution in [0.5, 0.6) is 11.5 Å². The monoisotopic (exact) mass is 368 g/mol. The molecule has 1 heterocycles. The average molecular weight is 368 g/mol. The van der Waals surface area contributed by atoms with Gasteiger partial charge in [-0.15, -0.1) is 0 Å². The van der Waals surface area contributed by atoms with Crippen LogP contribution in [0.2, 0.25) is 0 Å². The van der Waals surface area contributed by atoms with Crippen LogP contribution in [0.25, 0.3) is 10.8 Å². The predicted octanol–water partition coefficient (Wildman–Crippen LogP) is 5.00. The quantitative estimate of drug-likeness (QED) is 0.506. The van der Waals surface area contributed by atoms with E-state index in [0.29, 0.717) is 33.2 Å². The highest BCUT2D eigenvalue weighted by Gasteiger charge is 2.46. The molecule has 0 unspecified atom stereocenters. The van der Waals surface area contributed by atoms with Gasteiger partial charge in [0.25, 0.3) is 0 Å². The summed E-state index contributed by atoms with van der Waals surface area (Å²) in [5, 5.41) is 11.5. The number of aromatic hydroxyl groups is 1. The van der Waals surface area contributed by atoms with Crippen molar-refractivity contribution in [3.63, 3.8) is 0 Å². The fraction of sp³-hybridized carbons (Fsp3) is 0.0417. The largest absolute Gasteiger partial charge is 0.507 e. The lowest BCUT2D eigenvalue weighted by Gasteiger charge is -2.38. The minimum Gasteiger partial charge on any atom is -0.507 e. The molecular formula is C24H16O4. The van der Waals surface area contributed by atoms with Crippen molar-refractivity contribution in [2.75, 3.05) is 0 Å². The van der Waals surface area contributed by atoms with E-state index in [1.54, 1.807) is 24.3 Å². The Bertz CT molecular complexity index is 1140. The maximum atomic E-state index is 13.0. The molecule has 136 valence electrons. The first-order valence-corrected chi connectivity index (χ1v) is 8.97. The highest BCUT2D eigenvalue weighted by Crippen LogP contribution is 2.46. The molecule has 0 spiro atoms. The van der Waals surface area contributed by atoms with Crippen molar-refractivity contribution in [2.24, 2.45) is 0 Å². The van der Waals surface area contributed by atoms with Crippen LogP contribution in [0.1, 0.15) is 21.5 Å². The summed E-state index contributed by atoms with van der Waals surface area (Å²) in [6.07, 6.45) is 0. The summed E-state index contributed by atoms with van der Waals surface area (Å²) in [7, 11) is 0. The van der Waals surface area contributed by atoms with E-state index in [1.165, 1.54) is 0 Å². The van der Waals surface area contributed by atoms with Gasteiger partial charge in [-0.05, 0) is 18.2 Å². The van der Waals surface area contributed by atoms with Crippen LogP contribution in [0.3, 0.4) is 0 Å². The third-order valence-electron chi connectivity index (χ3n) is 5.00. The number of carbonyl (C=O) groups is 1. The summed E-state index contributed by atoms with van der Waals surface area (Å²) in [6, 6.07) is 27.3. The first kappa shape index (κ1) is 16.4. The molecule has 28 heavy (non-hydrogen) atoms. The zero-order chi connectivity index (χ0) is 19.1. The summed E-state index contributed by atoms with van der Waals surface area (Å²) >= 11 is 0. The van der Waals surface area contributed by atoms with Crippen LogP contribution in [0.4, 0.5) is 0 Å². The standard InChI is InChI=1S/C24H16O4/c25-21-13-7-12-19-18(21)14-15-20-22(19)27-24(28-23(20)26,16-8-3-1-4-9-16)17-10-5-2-6-11-17/h1-15,25H. The fourth-order valence-corrected chi connectivity index (χ4v) is 3.65. The molecule has 0 atom stereocenters. The van der Waals surface area contributed by atoms with Crippen molar-refractivity contribution < 1.29 is 19.4 Å². The summed E-state index contributed by atoms with van der Waals surface area (Å²) in [5.41, 5.74) is 1.75. The fourth-order valence-electron chi connectivity index (χ4n) is 3.65. The number of carbonyl (C=O) groups excluding carboxylic acids is 1. The van der Waals surface area contributed by atoms with Gasteiger partial charge in [0, 0.05) is 21.9 Å². The summed E-state index contributed by atoms with van der Waals surface area (Å²) in [5.74, 6) is -1.35. The minimum atomic E-state index is -1.41. The average Bonchev–Trinajstić information content (AvgIpc) is 2.75. The Morgan fingerprint density at radius 3 is 1.93 bits per heavy atom. The van der Waals surface area contributed by atoms with Gasteiger partial charge in [-0.2, -0.15) is 0 Å². The Hall–Kier alpha value is -3.79. The number of cyclic esters (lactones) is 1. The third-order valence-corrected chi connectivity index (χ3v) is 5.00. The van der Waals surface area contributed by atoms with Gasteiger partial charge in [0.15, 0.2) is 0 Å². The highest BCUT2D eigenvalue weighted by atomic mass is 16.7. The number of phenols is 1. The van der Waals surface area contributed by atoms with Crippen molar-refractivity contribution in [3.05, 3.63) is 108 Å². The zero-order valence-corrected chi connectivity index (χ0v) is 14.8. The number of hydrogen-bond acceptors (Lipinski definition) is 4. The minimum absolute atomic E-state index is 0.132. The topological polar surface area (TPSA) is 55.8 Å². The molecule has 4 nitrogen and oxygen atoms in total. The summed E-state index contributed by atoms with van der Waals surface area (Å²) in [4.78, 5) is 13.0. The number of esters is 1. The molecule has 1 N–H and O–H groups in total. The van der Waals surface area contributed by atoms with Gasteiger partial charge < -0.3 is 14.6 Å². The van der Waals surface area contributed by atoms with E-state index < -0.39 is 11.8 Å². The van der Waals surface area contributed by atoms with Gasteiger partial charge in [0.1, 0.15) is 17.1 Å². The smallest absolute Gasteiger partial charge is 0.345 e. The Morgan fingerprint density at radius 1 is 0.643 bits per heavy atom. The van der Waals surface area contributed by atoms with Gasteiger partial charge in [0.2, 0.25) is 0 Å². The number of benzene rings is 4. The highest BCUT2D eigenvalue weighted by molar-refractivity contribution is 6.04. The molecule has 4 aromatic carbocycles. The second-order valence-electron chi connectivity index (χ2n) is 6.65. The molecule has 0 fully saturated rings. The van der Waals surface area contributed by atoms with E-state index in [9.17, 15) is 9.90 Å². The van der Waals surface area contributed by atoms with E-state index in [4.69, 9.17) is 9.47 Å². The third kappa shape index (κ3) is 2.35. The van der Waals surface area contributed by atoms with Gasteiger partial charge in [0.05, 0.1) is 0 Å². The molecule has 4 aromatic rings. The Balaban J connectivity index is 1.81. The molecule has 0 amide bonds. The van der Waals surface area contributed by atoms with Crippen molar-refractivity contribution in [1.29, 1.82) is 0 Å². The first-order chi connectivity index (χ1) is 13.7. The van der Waals surface area contributed by atoms with E-state index in [1.807, 2.05) is 66.7 Å². The van der Waals surface area contributed by atoms with Crippen molar-refractivity contribution in [1.82, 2.24) is 0 Å². The van der Waals surface area contributed by atoms with Gasteiger partial charge in [-0.25, -0.2) is 4.79 Å². The maximum Gasteiger partial charge on any atom is 0.345 e. The van der Waals surface area contributed by atoms with Crippen LogP contribution in [0, 0.1) is 0 Å². The van der Waals surface area contributed by atoms with Crippen LogP contribution in [-0.4, -0.2) is 11.1 Å². The first-order valence-electron chi connectivity index (χ1n) is 8.97. The van der Waals surface area contributed by atoms with Crippen LogP contribution >= 0.6 is 0 Å². The lowest BCUT2D eigenvalue weighted by molar-refractivity contribution is -0.130. The Kier molecular flexibility index (Phi) is 3.59. The molecule has 5 rings (SSSR count). The lowest BCUT2D eigenvalue weighted by Crippen LogP contribution is -2.43. The molecule has 0 radical (unpaired) electrons. The molecule has 4 heteroatoms. The normalized spacial score (nSPS) is 14.8. The van der Waals surface area contributed by atoms with E-state index in [0.717, 1.165) is 0 Å². The molecular weight excluding hydrogens is 352 g/mol. The number of phenolic OH excluding ortho intramolecular Hbond substituents is 1. The van der Waals surface area contributed by atoms with Crippen LogP contribution in [0.15, 0.2) is 91.0 Å². The lowest BCUT2D eigenvalue weighted by atomic mass is 9.94. The van der Waals surface area contributed by atoms with Crippen molar-refractivity contribution in [2.45, 2.75) is 5.79 Å². The van der Waals surface area contributed by atoms with Gasteiger partial charge in [-0.3, -0.25) is 0 Å². The van der Waals surface area contributed by atoms with Gasteiger partial charge in [-0.1, -0.05) is 72.8 Å². The molecule has 0 aromatic heterocycles. The molecule has 1 aliphatic rings. The second-order valence-corrected chi connectivity index (χ2v) is 6.65. The van der Waals surface area contributed by atoms with Crippen LogP contribution in [-0.2, 0) is 10.5 Å². The summed E-state index contributed by atoms with van der Waals surface area (Å²) in [6.45, 7) is 0. The van der Waals surface area contributed by atoms with Crippen molar-refractivity contribution >= 4 is 16.7 Å². The van der Waals surface area contributed by atoms with E-state index in [2.05, 4.69) is 0 Å². The molecule has 0 bridgehead atoms. The number of ether oxygens (including phenoxy) is 2. The van der Waals surface area contributed by atoms with E-state index >= 15 is 0 Å². The zero-order valence-electron chi connectivity index (χ0n) is 14.8. The molecule has 1 aliphatic heterocycles.